The first kappa shape index (κ1) is 20.4. The molecule has 1 amide bonds. The number of benzene rings is 1. The van der Waals surface area contributed by atoms with E-state index in [0.29, 0.717) is 22.3 Å². The lowest BCUT2D eigenvalue weighted by Crippen LogP contribution is -2.37. The van der Waals surface area contributed by atoms with Gasteiger partial charge in [0, 0.05) is 11.3 Å². The van der Waals surface area contributed by atoms with Crippen molar-refractivity contribution in [3.05, 3.63) is 29.8 Å². The van der Waals surface area contributed by atoms with Gasteiger partial charge in [-0.2, -0.15) is 0 Å². The molecule has 0 fully saturated rings. The van der Waals surface area contributed by atoms with E-state index in [0.717, 1.165) is 0 Å². The summed E-state index contributed by atoms with van der Waals surface area (Å²) in [4.78, 5) is 21.7. The van der Waals surface area contributed by atoms with Gasteiger partial charge in [0.25, 0.3) is 5.91 Å². The predicted molar refractivity (Wildman–Crippen MR) is 92.2 cm³/mol. The topological polar surface area (TPSA) is 84.9 Å². The van der Waals surface area contributed by atoms with Crippen LogP contribution >= 0.6 is 7.82 Å². The number of nitrogens with zero attached hydrogens (tertiary/aromatic N) is 1. The normalized spacial score (nSPS) is 15.2. The van der Waals surface area contributed by atoms with Gasteiger partial charge in [-0.25, -0.2) is 4.57 Å². The molecular weight excluding hydrogens is 331 g/mol. The summed E-state index contributed by atoms with van der Waals surface area (Å²) >= 11 is 0. The van der Waals surface area contributed by atoms with Crippen LogP contribution in [0.2, 0.25) is 0 Å². The minimum atomic E-state index is -4.31. The Balaban J connectivity index is 2.56. The summed E-state index contributed by atoms with van der Waals surface area (Å²) < 4.78 is 22.2. The van der Waals surface area contributed by atoms with Crippen LogP contribution in [-0.2, 0) is 18.4 Å². The molecule has 8 heteroatoms. The fourth-order valence-electron chi connectivity index (χ4n) is 1.64. The molecule has 1 rings (SSSR count). The van der Waals surface area contributed by atoms with E-state index in [9.17, 15) is 14.3 Å². The Bertz CT molecular complexity index is 663. The largest absolute Gasteiger partial charge is 0.473 e. The number of phosphoric ester groups is 1. The first-order valence-electron chi connectivity index (χ1n) is 7.36. The van der Waals surface area contributed by atoms with E-state index in [1.807, 2.05) is 21.1 Å². The molecule has 0 bridgehead atoms. The number of anilines is 1. The average molecular weight is 355 g/mol. The van der Waals surface area contributed by atoms with Crippen molar-refractivity contribution in [3.8, 4) is 12.3 Å². The van der Waals surface area contributed by atoms with Crippen LogP contribution in [0.3, 0.4) is 0 Å². The molecule has 1 aromatic carbocycles. The Labute approximate surface area is 142 Å². The van der Waals surface area contributed by atoms with Crippen molar-refractivity contribution in [2.45, 2.75) is 13.0 Å². The van der Waals surface area contributed by atoms with E-state index in [-0.39, 0.29) is 6.61 Å². The minimum Gasteiger partial charge on any atom is -0.329 e. The highest BCUT2D eigenvalue weighted by Crippen LogP contribution is 2.44. The number of likely N-dealkylation sites (N-methyl/N-ethyl adjacent to an activating group) is 1. The maximum absolute atomic E-state index is 12.0. The van der Waals surface area contributed by atoms with Gasteiger partial charge in [-0.1, -0.05) is 12.0 Å². The molecular formula is C16H24N2O5P+. The fraction of sp³-hybridized carbons (Fsp3) is 0.438. The van der Waals surface area contributed by atoms with Gasteiger partial charge >= 0.3 is 7.82 Å². The summed E-state index contributed by atoms with van der Waals surface area (Å²) in [5, 5.41) is 2.57. The van der Waals surface area contributed by atoms with Crippen molar-refractivity contribution in [2.75, 3.05) is 39.6 Å². The van der Waals surface area contributed by atoms with Crippen molar-refractivity contribution in [1.29, 1.82) is 0 Å². The van der Waals surface area contributed by atoms with Crippen molar-refractivity contribution in [1.82, 2.24) is 0 Å². The molecule has 0 saturated heterocycles. The van der Waals surface area contributed by atoms with Crippen LogP contribution in [0.15, 0.2) is 24.3 Å². The Morgan fingerprint density at radius 3 is 2.71 bits per heavy atom. The van der Waals surface area contributed by atoms with Crippen LogP contribution < -0.4 is 5.32 Å². The van der Waals surface area contributed by atoms with E-state index in [1.54, 1.807) is 24.3 Å². The fourth-order valence-corrected chi connectivity index (χ4v) is 2.51. The summed E-state index contributed by atoms with van der Waals surface area (Å²) in [6, 6.07) is 6.68. The quantitative estimate of drug-likeness (QED) is 0.422. The first-order valence-corrected chi connectivity index (χ1v) is 8.86. The van der Waals surface area contributed by atoms with Crippen LogP contribution in [0.5, 0.6) is 0 Å². The van der Waals surface area contributed by atoms with Crippen LogP contribution in [-0.4, -0.2) is 55.7 Å². The Morgan fingerprint density at radius 1 is 1.46 bits per heavy atom. The van der Waals surface area contributed by atoms with Gasteiger partial charge in [-0.05, 0) is 25.1 Å². The number of terminal acetylenes is 1. The lowest BCUT2D eigenvalue weighted by Gasteiger charge is -2.24. The van der Waals surface area contributed by atoms with Crippen LogP contribution in [0.4, 0.5) is 5.69 Å². The number of rotatable bonds is 8. The first-order chi connectivity index (χ1) is 11.0. The van der Waals surface area contributed by atoms with Crippen molar-refractivity contribution in [3.63, 3.8) is 0 Å². The van der Waals surface area contributed by atoms with E-state index >= 15 is 0 Å². The van der Waals surface area contributed by atoms with E-state index in [2.05, 4.69) is 11.2 Å². The van der Waals surface area contributed by atoms with Gasteiger partial charge in [0.05, 0.1) is 21.1 Å². The van der Waals surface area contributed by atoms with Crippen LogP contribution in [0.25, 0.3) is 0 Å². The summed E-state index contributed by atoms with van der Waals surface area (Å²) in [6.45, 7) is 1.93. The van der Waals surface area contributed by atoms with Crippen LogP contribution in [0, 0.1) is 12.3 Å². The molecule has 0 aliphatic heterocycles. The molecule has 0 aromatic heterocycles. The Morgan fingerprint density at radius 2 is 2.12 bits per heavy atom. The molecule has 0 spiro atoms. The van der Waals surface area contributed by atoms with Crippen molar-refractivity contribution < 1.29 is 27.8 Å². The highest BCUT2D eigenvalue weighted by molar-refractivity contribution is 7.47. The Kier molecular flexibility index (Phi) is 7.15. The third-order valence-corrected chi connectivity index (χ3v) is 4.07. The highest BCUT2D eigenvalue weighted by Gasteiger charge is 2.29. The average Bonchev–Trinajstić information content (AvgIpc) is 2.45. The molecule has 0 heterocycles. The SMILES string of the molecule is C#Cc1cccc(NC(=O)[C@H](C)OP(=O)(O)OCC[N+](C)(C)C)c1. The second-order valence-electron chi connectivity index (χ2n) is 6.28. The third kappa shape index (κ3) is 7.73. The molecule has 0 aliphatic carbocycles. The smallest absolute Gasteiger partial charge is 0.329 e. The number of phosphoric acid groups is 1. The molecule has 1 aromatic rings. The van der Waals surface area contributed by atoms with E-state index in [4.69, 9.17) is 15.5 Å². The lowest BCUT2D eigenvalue weighted by atomic mass is 10.2. The number of hydrogen-bond donors (Lipinski definition) is 2. The van der Waals surface area contributed by atoms with Crippen LogP contribution in [0.1, 0.15) is 12.5 Å². The lowest BCUT2D eigenvalue weighted by molar-refractivity contribution is -0.870. The maximum Gasteiger partial charge on any atom is 0.473 e. The number of amides is 1. The van der Waals surface area contributed by atoms with E-state index < -0.39 is 19.8 Å². The van der Waals surface area contributed by atoms with Gasteiger partial charge in [0.1, 0.15) is 19.3 Å². The number of hydrogen-bond acceptors (Lipinski definition) is 4. The zero-order valence-corrected chi connectivity index (χ0v) is 15.2. The zero-order chi connectivity index (χ0) is 18.4. The van der Waals surface area contributed by atoms with Gasteiger partial charge in [0.15, 0.2) is 0 Å². The number of carbonyl (C=O) groups is 1. The van der Waals surface area contributed by atoms with Gasteiger partial charge in [0.2, 0.25) is 0 Å². The molecule has 0 saturated carbocycles. The molecule has 0 radical (unpaired) electrons. The number of nitrogens with one attached hydrogen (secondary N) is 1. The highest BCUT2D eigenvalue weighted by atomic mass is 31.2. The minimum absolute atomic E-state index is 0.0375. The molecule has 24 heavy (non-hydrogen) atoms. The third-order valence-electron chi connectivity index (χ3n) is 2.97. The molecule has 132 valence electrons. The molecule has 2 N–H and O–H groups in total. The second-order valence-corrected chi connectivity index (χ2v) is 7.68. The van der Waals surface area contributed by atoms with Gasteiger partial charge < -0.3 is 14.7 Å². The maximum atomic E-state index is 12.0. The molecule has 0 aliphatic rings. The molecule has 2 atom stereocenters. The summed E-state index contributed by atoms with van der Waals surface area (Å²) in [7, 11) is 1.46. The standard InChI is InChI=1S/C16H23N2O5P/c1-6-14-8-7-9-15(12-14)17-16(19)13(2)23-24(20,21)22-11-10-18(3,4)5/h1,7-9,12-13H,10-11H2,2-5H3,(H-,17,19,20,21)/p+1/t13-/m0/s1. The number of quaternary nitrogens is 1. The van der Waals surface area contributed by atoms with Gasteiger partial charge in [-0.15, -0.1) is 6.42 Å². The summed E-state index contributed by atoms with van der Waals surface area (Å²) in [5.74, 6) is 1.88. The van der Waals surface area contributed by atoms with Gasteiger partial charge in [-0.3, -0.25) is 13.8 Å². The monoisotopic (exact) mass is 355 g/mol. The van der Waals surface area contributed by atoms with Crippen molar-refractivity contribution >= 4 is 19.4 Å². The second kappa shape index (κ2) is 8.43. The summed E-state index contributed by atoms with van der Waals surface area (Å²) in [6.07, 6.45) is 4.13. The predicted octanol–water partition coefficient (Wildman–Crippen LogP) is 1.83. The van der Waals surface area contributed by atoms with Crippen molar-refractivity contribution in [2.24, 2.45) is 0 Å². The summed E-state index contributed by atoms with van der Waals surface area (Å²) in [5.41, 5.74) is 1.09. The molecule has 1 unspecified atom stereocenters. The zero-order valence-electron chi connectivity index (χ0n) is 14.4. The Hall–Kier alpha value is -1.68. The number of carbonyl (C=O) groups excluding carboxylic acids is 1. The van der Waals surface area contributed by atoms with E-state index in [1.165, 1.54) is 6.92 Å². The molecule has 7 nitrogen and oxygen atoms in total.